The van der Waals surface area contributed by atoms with E-state index >= 15 is 0 Å². The van der Waals surface area contributed by atoms with Gasteiger partial charge in [-0.2, -0.15) is 0 Å². The molecule has 2 aromatic carbocycles. The Morgan fingerprint density at radius 2 is 1.67 bits per heavy atom. The molecule has 0 heterocycles. The molecule has 0 saturated carbocycles. The van der Waals surface area contributed by atoms with E-state index in [1.54, 1.807) is 18.2 Å². The Morgan fingerprint density at radius 1 is 1.04 bits per heavy atom. The highest BCUT2D eigenvalue weighted by atomic mass is 19.1. The van der Waals surface area contributed by atoms with Crippen LogP contribution < -0.4 is 26.3 Å². The number of rotatable bonds is 7. The molecule has 2 amide bonds. The summed E-state index contributed by atoms with van der Waals surface area (Å²) in [4.78, 5) is 22.5. The van der Waals surface area contributed by atoms with Gasteiger partial charge in [0.2, 0.25) is 0 Å². The standard InChI is InChI=1S/C19H22FN3O4/c1-3-12-9-15(26-18(21)24)17(27-19(22)25)14(4-2)16(12)23-10-11-5-7-13(20)8-6-11/h5-9,23H,3-4,10H2,1-2H3,(H2,21,24)(H2,22,25). The molecule has 7 nitrogen and oxygen atoms in total. The average Bonchev–Trinajstić information content (AvgIpc) is 2.61. The van der Waals surface area contributed by atoms with Gasteiger partial charge in [-0.3, -0.25) is 0 Å². The second kappa shape index (κ2) is 8.88. The minimum Gasteiger partial charge on any atom is -0.406 e. The van der Waals surface area contributed by atoms with E-state index in [0.717, 1.165) is 16.8 Å². The first kappa shape index (κ1) is 20.0. The second-order valence-electron chi connectivity index (χ2n) is 5.75. The van der Waals surface area contributed by atoms with Gasteiger partial charge in [0.1, 0.15) is 5.82 Å². The molecule has 0 atom stereocenters. The zero-order valence-electron chi connectivity index (χ0n) is 15.2. The number of carbonyl (C=O) groups is 2. The van der Waals surface area contributed by atoms with Gasteiger partial charge in [-0.05, 0) is 42.2 Å². The lowest BCUT2D eigenvalue weighted by molar-refractivity contribution is 0.200. The number of hydrogen-bond donors (Lipinski definition) is 3. The summed E-state index contributed by atoms with van der Waals surface area (Å²) in [6.45, 7) is 4.21. The third-order valence-corrected chi connectivity index (χ3v) is 3.96. The highest BCUT2D eigenvalue weighted by molar-refractivity contribution is 5.77. The van der Waals surface area contributed by atoms with Crippen LogP contribution in [0.3, 0.4) is 0 Å². The summed E-state index contributed by atoms with van der Waals surface area (Å²) in [6.07, 6.45) is -0.976. The van der Waals surface area contributed by atoms with Crippen molar-refractivity contribution in [1.82, 2.24) is 0 Å². The maximum atomic E-state index is 13.1. The van der Waals surface area contributed by atoms with Crippen LogP contribution in [0.2, 0.25) is 0 Å². The van der Waals surface area contributed by atoms with E-state index in [1.807, 2.05) is 13.8 Å². The minimum absolute atomic E-state index is 0.0299. The third kappa shape index (κ3) is 5.10. The van der Waals surface area contributed by atoms with Gasteiger partial charge in [-0.15, -0.1) is 0 Å². The van der Waals surface area contributed by atoms with E-state index in [-0.39, 0.29) is 17.3 Å². The molecule has 5 N–H and O–H groups in total. The van der Waals surface area contributed by atoms with Crippen molar-refractivity contribution in [2.24, 2.45) is 11.5 Å². The Bertz CT molecular complexity index is 838. The number of nitrogens with one attached hydrogen (secondary N) is 1. The van der Waals surface area contributed by atoms with Gasteiger partial charge < -0.3 is 26.3 Å². The van der Waals surface area contributed by atoms with Crippen LogP contribution in [0.25, 0.3) is 0 Å². The molecule has 0 bridgehead atoms. The monoisotopic (exact) mass is 375 g/mol. The summed E-state index contributed by atoms with van der Waals surface area (Å²) in [5.41, 5.74) is 13.3. The zero-order valence-corrected chi connectivity index (χ0v) is 15.2. The minimum atomic E-state index is -1.03. The lowest BCUT2D eigenvalue weighted by Crippen LogP contribution is -2.21. The predicted octanol–water partition coefficient (Wildman–Crippen LogP) is 3.48. The quantitative estimate of drug-likeness (QED) is 0.685. The van der Waals surface area contributed by atoms with Crippen LogP contribution in [0.1, 0.15) is 30.5 Å². The summed E-state index contributed by atoms with van der Waals surface area (Å²) in [5.74, 6) is -0.239. The van der Waals surface area contributed by atoms with Crippen LogP contribution in [0.5, 0.6) is 11.5 Å². The molecule has 27 heavy (non-hydrogen) atoms. The molecule has 2 aromatic rings. The number of aryl methyl sites for hydroxylation is 1. The summed E-state index contributed by atoms with van der Waals surface area (Å²) in [7, 11) is 0. The Labute approximate surface area is 156 Å². The number of ether oxygens (including phenoxy) is 2. The summed E-state index contributed by atoms with van der Waals surface area (Å²) >= 11 is 0. The molecule has 0 aliphatic rings. The Balaban J connectivity index is 2.48. The fourth-order valence-electron chi connectivity index (χ4n) is 2.78. The molecule has 0 unspecified atom stereocenters. The van der Waals surface area contributed by atoms with Gasteiger partial charge in [-0.25, -0.2) is 14.0 Å². The molecule has 0 aromatic heterocycles. The number of amides is 2. The molecule has 2 rings (SSSR count). The van der Waals surface area contributed by atoms with Gasteiger partial charge in [0.15, 0.2) is 11.5 Å². The molecule has 0 aliphatic carbocycles. The second-order valence-corrected chi connectivity index (χ2v) is 5.75. The van der Waals surface area contributed by atoms with E-state index < -0.39 is 12.2 Å². The summed E-state index contributed by atoms with van der Waals surface area (Å²) in [5, 5.41) is 3.29. The third-order valence-electron chi connectivity index (χ3n) is 3.96. The van der Waals surface area contributed by atoms with Crippen molar-refractivity contribution in [3.05, 3.63) is 52.8 Å². The molecule has 0 radical (unpaired) electrons. The highest BCUT2D eigenvalue weighted by Crippen LogP contribution is 2.40. The van der Waals surface area contributed by atoms with Gasteiger partial charge in [-0.1, -0.05) is 26.0 Å². The van der Waals surface area contributed by atoms with Crippen molar-refractivity contribution < 1.29 is 23.5 Å². The summed E-state index contributed by atoms with van der Waals surface area (Å²) < 4.78 is 23.2. The number of nitrogens with two attached hydrogens (primary N) is 2. The van der Waals surface area contributed by atoms with Crippen molar-refractivity contribution in [3.63, 3.8) is 0 Å². The van der Waals surface area contributed by atoms with E-state index in [2.05, 4.69) is 5.32 Å². The summed E-state index contributed by atoms with van der Waals surface area (Å²) in [6, 6.07) is 7.68. The number of hydrogen-bond acceptors (Lipinski definition) is 5. The number of carbonyl (C=O) groups excluding carboxylic acids is 2. The topological polar surface area (TPSA) is 117 Å². The fourth-order valence-corrected chi connectivity index (χ4v) is 2.78. The zero-order chi connectivity index (χ0) is 20.0. The van der Waals surface area contributed by atoms with Crippen molar-refractivity contribution >= 4 is 17.9 Å². The van der Waals surface area contributed by atoms with E-state index in [4.69, 9.17) is 20.9 Å². The van der Waals surface area contributed by atoms with Crippen LogP contribution in [-0.2, 0) is 19.4 Å². The van der Waals surface area contributed by atoms with Gasteiger partial charge in [0.05, 0.1) is 0 Å². The normalized spacial score (nSPS) is 10.3. The molecular weight excluding hydrogens is 353 g/mol. The van der Waals surface area contributed by atoms with Crippen molar-refractivity contribution in [2.75, 3.05) is 5.32 Å². The first-order valence-corrected chi connectivity index (χ1v) is 8.47. The number of halogens is 1. The van der Waals surface area contributed by atoms with Crippen LogP contribution in [0, 0.1) is 5.82 Å². The molecule has 0 aliphatic heterocycles. The molecule has 144 valence electrons. The smallest absolute Gasteiger partial charge is 0.406 e. The van der Waals surface area contributed by atoms with Crippen molar-refractivity contribution in [3.8, 4) is 11.5 Å². The lowest BCUT2D eigenvalue weighted by Gasteiger charge is -2.21. The van der Waals surface area contributed by atoms with Gasteiger partial charge in [0.25, 0.3) is 0 Å². The number of primary amides is 2. The van der Waals surface area contributed by atoms with Gasteiger partial charge in [0, 0.05) is 17.8 Å². The average molecular weight is 375 g/mol. The Morgan fingerprint density at radius 3 is 2.19 bits per heavy atom. The SMILES string of the molecule is CCc1cc(OC(N)=O)c(OC(N)=O)c(CC)c1NCc1ccc(F)cc1. The molecule has 8 heteroatoms. The van der Waals surface area contributed by atoms with Crippen LogP contribution in [0.4, 0.5) is 19.7 Å². The van der Waals surface area contributed by atoms with E-state index in [0.29, 0.717) is 24.9 Å². The molecule has 0 spiro atoms. The number of anilines is 1. The fraction of sp³-hybridized carbons (Fsp3) is 0.263. The molecular formula is C19H22FN3O4. The van der Waals surface area contributed by atoms with E-state index in [9.17, 15) is 14.0 Å². The molecule has 0 fully saturated rings. The first-order chi connectivity index (χ1) is 12.8. The Kier molecular flexibility index (Phi) is 6.59. The Hall–Kier alpha value is -3.29. The van der Waals surface area contributed by atoms with Crippen LogP contribution in [-0.4, -0.2) is 12.2 Å². The van der Waals surface area contributed by atoms with Crippen molar-refractivity contribution in [1.29, 1.82) is 0 Å². The first-order valence-electron chi connectivity index (χ1n) is 8.47. The van der Waals surface area contributed by atoms with E-state index in [1.165, 1.54) is 12.1 Å². The van der Waals surface area contributed by atoms with Crippen molar-refractivity contribution in [2.45, 2.75) is 33.2 Å². The van der Waals surface area contributed by atoms with Crippen LogP contribution >= 0.6 is 0 Å². The maximum absolute atomic E-state index is 13.1. The largest absolute Gasteiger partial charge is 0.410 e. The maximum Gasteiger partial charge on any atom is 0.410 e. The van der Waals surface area contributed by atoms with Gasteiger partial charge >= 0.3 is 12.2 Å². The number of benzene rings is 2. The van der Waals surface area contributed by atoms with Crippen LogP contribution in [0.15, 0.2) is 30.3 Å². The lowest BCUT2D eigenvalue weighted by atomic mass is 10.0. The highest BCUT2D eigenvalue weighted by Gasteiger charge is 2.21. The predicted molar refractivity (Wildman–Crippen MR) is 99.3 cm³/mol. The molecule has 0 saturated heterocycles.